The summed E-state index contributed by atoms with van der Waals surface area (Å²) in [5.41, 5.74) is 3.86. The molecule has 3 rings (SSSR count). The Morgan fingerprint density at radius 1 is 1.42 bits per heavy atom. The van der Waals surface area contributed by atoms with Crippen molar-refractivity contribution in [3.05, 3.63) is 45.9 Å². The van der Waals surface area contributed by atoms with Crippen molar-refractivity contribution in [1.29, 1.82) is 0 Å². The fraction of sp³-hybridized carbons (Fsp3) is 0.400. The van der Waals surface area contributed by atoms with Gasteiger partial charge in [0.2, 0.25) is 0 Å². The predicted octanol–water partition coefficient (Wildman–Crippen LogP) is 2.62. The quantitative estimate of drug-likeness (QED) is 0.822. The normalized spacial score (nSPS) is 17.2. The van der Waals surface area contributed by atoms with E-state index in [0.717, 1.165) is 31.6 Å². The van der Waals surface area contributed by atoms with Gasteiger partial charge in [-0.2, -0.15) is 0 Å². The van der Waals surface area contributed by atoms with E-state index in [1.165, 1.54) is 16.3 Å². The molecule has 2 aromatic rings. The Morgan fingerprint density at radius 3 is 3.11 bits per heavy atom. The number of hydrogen-bond donors (Lipinski definition) is 2. The standard InChI is InChI=1S/C15H19N3S/c1-11-10-19-15(17-11)6-7-16-9-13-8-12-4-2-3-5-14(12)18-13/h2-5,10,13,16,18H,6-9H2,1H3. The summed E-state index contributed by atoms with van der Waals surface area (Å²) in [7, 11) is 0. The van der Waals surface area contributed by atoms with Crippen molar-refractivity contribution in [2.24, 2.45) is 0 Å². The molecule has 1 aromatic carbocycles. The number of hydrogen-bond acceptors (Lipinski definition) is 4. The number of aromatic nitrogens is 1. The van der Waals surface area contributed by atoms with Crippen molar-refractivity contribution in [2.75, 3.05) is 18.4 Å². The summed E-state index contributed by atoms with van der Waals surface area (Å²) in [4.78, 5) is 4.48. The van der Waals surface area contributed by atoms with Crippen LogP contribution in [-0.4, -0.2) is 24.1 Å². The molecule has 1 unspecified atom stereocenters. The molecule has 0 saturated heterocycles. The van der Waals surface area contributed by atoms with Crippen molar-refractivity contribution in [2.45, 2.75) is 25.8 Å². The molecular formula is C15H19N3S. The lowest BCUT2D eigenvalue weighted by Gasteiger charge is -2.11. The number of nitrogens with zero attached hydrogens (tertiary/aromatic N) is 1. The second-order valence-electron chi connectivity index (χ2n) is 5.04. The van der Waals surface area contributed by atoms with Crippen molar-refractivity contribution >= 4 is 17.0 Å². The number of benzene rings is 1. The average Bonchev–Trinajstić information content (AvgIpc) is 3.00. The highest BCUT2D eigenvalue weighted by Crippen LogP contribution is 2.24. The molecule has 2 heterocycles. The van der Waals surface area contributed by atoms with Crippen LogP contribution in [0.25, 0.3) is 0 Å². The first-order valence-corrected chi connectivity index (χ1v) is 7.65. The average molecular weight is 273 g/mol. The summed E-state index contributed by atoms with van der Waals surface area (Å²) in [5.74, 6) is 0. The summed E-state index contributed by atoms with van der Waals surface area (Å²) in [6.45, 7) is 4.06. The maximum Gasteiger partial charge on any atom is 0.0940 e. The van der Waals surface area contributed by atoms with Crippen LogP contribution in [0.3, 0.4) is 0 Å². The summed E-state index contributed by atoms with van der Waals surface area (Å²) < 4.78 is 0. The third-order valence-electron chi connectivity index (χ3n) is 3.42. The molecule has 1 aromatic heterocycles. The molecule has 0 saturated carbocycles. The lowest BCUT2D eigenvalue weighted by atomic mass is 10.1. The second-order valence-corrected chi connectivity index (χ2v) is 5.98. The summed E-state index contributed by atoms with van der Waals surface area (Å²) in [6, 6.07) is 9.09. The highest BCUT2D eigenvalue weighted by molar-refractivity contribution is 7.09. The molecule has 0 fully saturated rings. The van der Waals surface area contributed by atoms with E-state index in [1.54, 1.807) is 11.3 Å². The van der Waals surface area contributed by atoms with E-state index in [9.17, 15) is 0 Å². The summed E-state index contributed by atoms with van der Waals surface area (Å²) >= 11 is 1.76. The molecule has 0 aliphatic carbocycles. The van der Waals surface area contributed by atoms with Gasteiger partial charge in [0, 0.05) is 42.3 Å². The predicted molar refractivity (Wildman–Crippen MR) is 81.0 cm³/mol. The maximum atomic E-state index is 4.48. The third kappa shape index (κ3) is 3.14. The Hall–Kier alpha value is -1.39. The first-order chi connectivity index (χ1) is 9.31. The Labute approximate surface area is 118 Å². The molecule has 19 heavy (non-hydrogen) atoms. The molecule has 1 aliphatic rings. The number of para-hydroxylation sites is 1. The number of fused-ring (bicyclic) bond motifs is 1. The van der Waals surface area contributed by atoms with Gasteiger partial charge in [-0.05, 0) is 25.0 Å². The molecule has 100 valence electrons. The summed E-state index contributed by atoms with van der Waals surface area (Å²) in [5, 5.41) is 10.4. The van der Waals surface area contributed by atoms with Crippen molar-refractivity contribution in [3.8, 4) is 0 Å². The number of thiazole rings is 1. The smallest absolute Gasteiger partial charge is 0.0940 e. The minimum absolute atomic E-state index is 0.524. The topological polar surface area (TPSA) is 37.0 Å². The van der Waals surface area contributed by atoms with Crippen molar-refractivity contribution in [3.63, 3.8) is 0 Å². The SMILES string of the molecule is Cc1csc(CCNCC2Cc3ccccc3N2)n1. The van der Waals surface area contributed by atoms with Crippen molar-refractivity contribution in [1.82, 2.24) is 10.3 Å². The van der Waals surface area contributed by atoms with E-state index in [2.05, 4.69) is 45.3 Å². The van der Waals surface area contributed by atoms with Crippen LogP contribution in [0.1, 0.15) is 16.3 Å². The molecule has 0 radical (unpaired) electrons. The van der Waals surface area contributed by atoms with Gasteiger partial charge in [-0.15, -0.1) is 11.3 Å². The molecule has 0 spiro atoms. The minimum Gasteiger partial charge on any atom is -0.380 e. The van der Waals surface area contributed by atoms with Crippen LogP contribution in [0.15, 0.2) is 29.6 Å². The number of anilines is 1. The molecular weight excluding hydrogens is 254 g/mol. The van der Waals surface area contributed by atoms with Crippen LogP contribution in [0.5, 0.6) is 0 Å². The van der Waals surface area contributed by atoms with Crippen molar-refractivity contribution < 1.29 is 0 Å². The molecule has 0 amide bonds. The Balaban J connectivity index is 1.40. The third-order valence-corrected chi connectivity index (χ3v) is 4.44. The largest absolute Gasteiger partial charge is 0.380 e. The summed E-state index contributed by atoms with van der Waals surface area (Å²) in [6.07, 6.45) is 2.15. The second kappa shape index (κ2) is 5.72. The highest BCUT2D eigenvalue weighted by atomic mass is 32.1. The zero-order valence-corrected chi connectivity index (χ0v) is 12.0. The van der Waals surface area contributed by atoms with Crippen LogP contribution in [0.2, 0.25) is 0 Å². The molecule has 0 bridgehead atoms. The van der Waals surface area contributed by atoms with Gasteiger partial charge in [0.25, 0.3) is 0 Å². The van der Waals surface area contributed by atoms with E-state index >= 15 is 0 Å². The fourth-order valence-corrected chi connectivity index (χ4v) is 3.26. The Morgan fingerprint density at radius 2 is 2.32 bits per heavy atom. The first-order valence-electron chi connectivity index (χ1n) is 6.77. The van der Waals surface area contributed by atoms with E-state index in [1.807, 2.05) is 6.92 Å². The molecule has 3 nitrogen and oxygen atoms in total. The van der Waals surface area contributed by atoms with Crippen LogP contribution < -0.4 is 10.6 Å². The zero-order chi connectivity index (χ0) is 13.1. The van der Waals surface area contributed by atoms with Gasteiger partial charge in [-0.1, -0.05) is 18.2 Å². The van der Waals surface area contributed by atoms with E-state index in [4.69, 9.17) is 0 Å². The lowest BCUT2D eigenvalue weighted by Crippen LogP contribution is -2.32. The van der Waals surface area contributed by atoms with E-state index in [-0.39, 0.29) is 0 Å². The van der Waals surface area contributed by atoms with Gasteiger partial charge in [-0.3, -0.25) is 0 Å². The van der Waals surface area contributed by atoms with Gasteiger partial charge in [-0.25, -0.2) is 4.98 Å². The van der Waals surface area contributed by atoms with Gasteiger partial charge in [0.15, 0.2) is 0 Å². The Bertz CT molecular complexity index is 525. The van der Waals surface area contributed by atoms with E-state index in [0.29, 0.717) is 6.04 Å². The number of nitrogens with one attached hydrogen (secondary N) is 2. The van der Waals surface area contributed by atoms with Crippen LogP contribution >= 0.6 is 11.3 Å². The van der Waals surface area contributed by atoms with Crippen LogP contribution in [0.4, 0.5) is 5.69 Å². The highest BCUT2D eigenvalue weighted by Gasteiger charge is 2.18. The van der Waals surface area contributed by atoms with Gasteiger partial charge >= 0.3 is 0 Å². The van der Waals surface area contributed by atoms with Gasteiger partial charge in [0.1, 0.15) is 0 Å². The van der Waals surface area contributed by atoms with Gasteiger partial charge < -0.3 is 10.6 Å². The maximum absolute atomic E-state index is 4.48. The fourth-order valence-electron chi connectivity index (χ4n) is 2.49. The molecule has 4 heteroatoms. The van der Waals surface area contributed by atoms with Gasteiger partial charge in [0.05, 0.1) is 5.01 Å². The number of aryl methyl sites for hydroxylation is 1. The monoisotopic (exact) mass is 273 g/mol. The molecule has 1 atom stereocenters. The Kier molecular flexibility index (Phi) is 3.80. The zero-order valence-electron chi connectivity index (χ0n) is 11.1. The molecule has 2 N–H and O–H groups in total. The minimum atomic E-state index is 0.524. The number of rotatable bonds is 5. The van der Waals surface area contributed by atoms with Crippen LogP contribution in [-0.2, 0) is 12.8 Å². The molecule has 1 aliphatic heterocycles. The first kappa shape index (κ1) is 12.6. The van der Waals surface area contributed by atoms with E-state index < -0.39 is 0 Å². The van der Waals surface area contributed by atoms with Crippen LogP contribution in [0, 0.1) is 6.92 Å². The lowest BCUT2D eigenvalue weighted by molar-refractivity contribution is 0.614.